The van der Waals surface area contributed by atoms with Crippen LogP contribution < -0.4 is 5.32 Å². The number of halogens is 1. The summed E-state index contributed by atoms with van der Waals surface area (Å²) in [6.45, 7) is 5.47. The van der Waals surface area contributed by atoms with Crippen LogP contribution in [0.4, 0.5) is 0 Å². The number of benzene rings is 1. The first kappa shape index (κ1) is 14.1. The van der Waals surface area contributed by atoms with Gasteiger partial charge in [0.05, 0.1) is 0 Å². The monoisotopic (exact) mass is 279 g/mol. The summed E-state index contributed by atoms with van der Waals surface area (Å²) < 4.78 is 5.44. The normalized spacial score (nSPS) is 17.7. The van der Waals surface area contributed by atoms with E-state index < -0.39 is 0 Å². The molecule has 1 N–H and O–H groups in total. The third kappa shape index (κ3) is 3.37. The van der Waals surface area contributed by atoms with Crippen LogP contribution in [0.5, 0.6) is 0 Å². The fraction of sp³-hybridized carbons (Fsp3) is 0.400. The van der Waals surface area contributed by atoms with Crippen LogP contribution in [-0.4, -0.2) is 25.7 Å². The van der Waals surface area contributed by atoms with Crippen molar-refractivity contribution >= 4 is 17.5 Å². The van der Waals surface area contributed by atoms with Gasteiger partial charge in [0.25, 0.3) is 0 Å². The molecule has 19 heavy (non-hydrogen) atoms. The summed E-state index contributed by atoms with van der Waals surface area (Å²) in [6, 6.07) is 7.86. The predicted molar refractivity (Wildman–Crippen MR) is 76.4 cm³/mol. The van der Waals surface area contributed by atoms with Crippen molar-refractivity contribution in [3.8, 4) is 0 Å². The lowest BCUT2D eigenvalue weighted by Gasteiger charge is -2.38. The molecule has 0 radical (unpaired) electrons. The third-order valence-electron chi connectivity index (χ3n) is 3.67. The van der Waals surface area contributed by atoms with Crippen LogP contribution >= 0.6 is 11.6 Å². The molecule has 0 saturated carbocycles. The van der Waals surface area contributed by atoms with Crippen molar-refractivity contribution in [1.29, 1.82) is 0 Å². The second-order valence-electron chi connectivity index (χ2n) is 4.82. The van der Waals surface area contributed by atoms with E-state index in [0.717, 1.165) is 23.4 Å². The van der Waals surface area contributed by atoms with Crippen LogP contribution in [0.2, 0.25) is 5.02 Å². The Morgan fingerprint density at radius 1 is 1.47 bits per heavy atom. The number of nitrogens with one attached hydrogen (secondary N) is 1. The molecule has 0 unspecified atom stereocenters. The van der Waals surface area contributed by atoms with Crippen molar-refractivity contribution in [1.82, 2.24) is 5.32 Å². The van der Waals surface area contributed by atoms with Crippen molar-refractivity contribution in [3.63, 3.8) is 0 Å². The van der Waals surface area contributed by atoms with Crippen LogP contribution in [-0.2, 0) is 14.9 Å². The van der Waals surface area contributed by atoms with Gasteiger partial charge in [0.2, 0.25) is 5.91 Å². The maximum absolute atomic E-state index is 11.4. The lowest BCUT2D eigenvalue weighted by Crippen LogP contribution is -2.44. The van der Waals surface area contributed by atoms with Gasteiger partial charge in [-0.3, -0.25) is 4.79 Å². The van der Waals surface area contributed by atoms with E-state index in [2.05, 4.69) is 18.0 Å². The van der Waals surface area contributed by atoms with Crippen molar-refractivity contribution < 1.29 is 9.53 Å². The molecular weight excluding hydrogens is 262 g/mol. The summed E-state index contributed by atoms with van der Waals surface area (Å²) in [6.07, 6.45) is 3.06. The Bertz CT molecular complexity index is 467. The van der Waals surface area contributed by atoms with Gasteiger partial charge in [-0.05, 0) is 36.6 Å². The topological polar surface area (TPSA) is 38.3 Å². The maximum atomic E-state index is 11.4. The highest BCUT2D eigenvalue weighted by Gasteiger charge is 2.34. The van der Waals surface area contributed by atoms with Gasteiger partial charge >= 0.3 is 0 Å². The molecule has 3 nitrogen and oxygen atoms in total. The molecular formula is C15H18ClNO2. The number of hydrogen-bond acceptors (Lipinski definition) is 2. The maximum Gasteiger partial charge on any atom is 0.243 e. The number of rotatable bonds is 4. The minimum Gasteiger partial charge on any atom is -0.381 e. The van der Waals surface area contributed by atoms with Crippen molar-refractivity contribution in [2.45, 2.75) is 18.3 Å². The van der Waals surface area contributed by atoms with Crippen LogP contribution in [0.1, 0.15) is 18.4 Å². The summed E-state index contributed by atoms with van der Waals surface area (Å²) in [4.78, 5) is 11.4. The third-order valence-corrected chi connectivity index (χ3v) is 3.91. The zero-order valence-corrected chi connectivity index (χ0v) is 11.6. The van der Waals surface area contributed by atoms with E-state index in [-0.39, 0.29) is 11.3 Å². The molecule has 102 valence electrons. The second kappa shape index (κ2) is 6.22. The Kier molecular flexibility index (Phi) is 4.61. The summed E-state index contributed by atoms with van der Waals surface area (Å²) in [5.41, 5.74) is 1.06. The van der Waals surface area contributed by atoms with Crippen LogP contribution in [0.25, 0.3) is 0 Å². The Morgan fingerprint density at radius 2 is 2.21 bits per heavy atom. The fourth-order valence-electron chi connectivity index (χ4n) is 2.48. The Balaban J connectivity index is 2.23. The molecule has 0 atom stereocenters. The van der Waals surface area contributed by atoms with Gasteiger partial charge in [-0.1, -0.05) is 30.3 Å². The van der Waals surface area contributed by atoms with Gasteiger partial charge in [0.15, 0.2) is 0 Å². The molecule has 0 spiro atoms. The van der Waals surface area contributed by atoms with Gasteiger partial charge in [-0.2, -0.15) is 0 Å². The number of hydrogen-bond donors (Lipinski definition) is 1. The minimum absolute atomic E-state index is 0.0954. The molecule has 1 aromatic carbocycles. The van der Waals surface area contributed by atoms with Crippen LogP contribution in [0, 0.1) is 0 Å². The standard InChI is InChI=1S/C15H18ClNO2/c1-2-14(18)17-11-15(6-8-19-9-7-15)12-4-3-5-13(16)10-12/h2-5,10H,1,6-9,11H2,(H,17,18). The highest BCUT2D eigenvalue weighted by molar-refractivity contribution is 6.30. The second-order valence-corrected chi connectivity index (χ2v) is 5.26. The predicted octanol–water partition coefficient (Wildman–Crippen LogP) is 2.69. The average molecular weight is 280 g/mol. The molecule has 2 rings (SSSR count). The number of amides is 1. The van der Waals surface area contributed by atoms with Gasteiger partial charge < -0.3 is 10.1 Å². The van der Waals surface area contributed by atoms with Gasteiger partial charge in [-0.15, -0.1) is 0 Å². The largest absolute Gasteiger partial charge is 0.381 e. The average Bonchev–Trinajstić information content (AvgIpc) is 2.46. The zero-order valence-electron chi connectivity index (χ0n) is 10.8. The Hall–Kier alpha value is -1.32. The summed E-state index contributed by atoms with van der Waals surface area (Å²) in [5.74, 6) is -0.145. The fourth-order valence-corrected chi connectivity index (χ4v) is 2.67. The smallest absolute Gasteiger partial charge is 0.243 e. The molecule has 1 saturated heterocycles. The highest BCUT2D eigenvalue weighted by Crippen LogP contribution is 2.35. The summed E-state index contributed by atoms with van der Waals surface area (Å²) in [5, 5.41) is 3.63. The molecule has 1 aliphatic heterocycles. The first-order valence-corrected chi connectivity index (χ1v) is 6.78. The Morgan fingerprint density at radius 3 is 2.84 bits per heavy atom. The molecule has 1 aliphatic rings. The minimum atomic E-state index is -0.145. The van der Waals surface area contributed by atoms with Crippen LogP contribution in [0.3, 0.4) is 0 Å². The van der Waals surface area contributed by atoms with Gasteiger partial charge in [0, 0.05) is 30.2 Å². The first-order valence-electron chi connectivity index (χ1n) is 6.40. The summed E-state index contributed by atoms with van der Waals surface area (Å²) in [7, 11) is 0. The molecule has 1 aromatic rings. The first-order chi connectivity index (χ1) is 9.16. The quantitative estimate of drug-likeness (QED) is 0.861. The summed E-state index contributed by atoms with van der Waals surface area (Å²) >= 11 is 6.08. The van der Waals surface area contributed by atoms with Gasteiger partial charge in [0.1, 0.15) is 0 Å². The molecule has 1 amide bonds. The van der Waals surface area contributed by atoms with E-state index in [1.54, 1.807) is 0 Å². The Labute approximate surface area is 118 Å². The lowest BCUT2D eigenvalue weighted by molar-refractivity contribution is -0.117. The molecule has 0 aliphatic carbocycles. The number of ether oxygens (including phenoxy) is 1. The lowest BCUT2D eigenvalue weighted by atomic mass is 9.74. The van der Waals surface area contributed by atoms with E-state index in [1.165, 1.54) is 6.08 Å². The van der Waals surface area contributed by atoms with E-state index >= 15 is 0 Å². The van der Waals surface area contributed by atoms with E-state index in [0.29, 0.717) is 19.8 Å². The molecule has 1 heterocycles. The van der Waals surface area contributed by atoms with Crippen molar-refractivity contribution in [2.75, 3.05) is 19.8 Å². The molecule has 0 bridgehead atoms. The van der Waals surface area contributed by atoms with E-state index in [1.807, 2.05) is 18.2 Å². The number of carbonyl (C=O) groups excluding carboxylic acids is 1. The molecule has 4 heteroatoms. The SMILES string of the molecule is C=CC(=O)NCC1(c2cccc(Cl)c2)CCOCC1. The van der Waals surface area contributed by atoms with Crippen molar-refractivity contribution in [2.24, 2.45) is 0 Å². The van der Waals surface area contributed by atoms with Crippen LogP contribution in [0.15, 0.2) is 36.9 Å². The van der Waals surface area contributed by atoms with Crippen molar-refractivity contribution in [3.05, 3.63) is 47.5 Å². The highest BCUT2D eigenvalue weighted by atomic mass is 35.5. The molecule has 1 fully saturated rings. The zero-order chi connectivity index (χ0) is 13.7. The van der Waals surface area contributed by atoms with Gasteiger partial charge in [-0.25, -0.2) is 0 Å². The number of carbonyl (C=O) groups is 1. The molecule has 0 aromatic heterocycles. The van der Waals surface area contributed by atoms with E-state index in [9.17, 15) is 4.79 Å². The van der Waals surface area contributed by atoms with E-state index in [4.69, 9.17) is 16.3 Å².